The number of hydrogen-bond acceptors (Lipinski definition) is 2. The largest absolute Gasteiger partial charge is 0.310 e. The Labute approximate surface area is 115 Å². The van der Waals surface area contributed by atoms with E-state index in [1.165, 1.54) is 11.1 Å². The summed E-state index contributed by atoms with van der Waals surface area (Å²) in [6.07, 6.45) is 0.972. The molecule has 0 bridgehead atoms. The zero-order chi connectivity index (χ0) is 13.7. The van der Waals surface area contributed by atoms with Crippen LogP contribution in [0.1, 0.15) is 32.0 Å². The molecule has 0 fully saturated rings. The number of pyridine rings is 1. The third-order valence-corrected chi connectivity index (χ3v) is 3.16. The fraction of sp³-hybridized carbons (Fsp3) is 0.353. The van der Waals surface area contributed by atoms with E-state index in [9.17, 15) is 0 Å². The van der Waals surface area contributed by atoms with Gasteiger partial charge in [0.05, 0.1) is 5.69 Å². The van der Waals surface area contributed by atoms with Gasteiger partial charge in [-0.1, -0.05) is 51.1 Å². The third-order valence-electron chi connectivity index (χ3n) is 3.16. The maximum absolute atomic E-state index is 4.72. The molecule has 0 saturated heterocycles. The van der Waals surface area contributed by atoms with Crippen molar-refractivity contribution in [2.45, 2.75) is 39.8 Å². The van der Waals surface area contributed by atoms with Gasteiger partial charge in [0.2, 0.25) is 0 Å². The van der Waals surface area contributed by atoms with Crippen LogP contribution in [0.4, 0.5) is 0 Å². The second-order valence-corrected chi connectivity index (χ2v) is 5.06. The Morgan fingerprint density at radius 1 is 1.05 bits per heavy atom. The molecular formula is C17H22N2. The second-order valence-electron chi connectivity index (χ2n) is 5.06. The molecule has 0 aliphatic heterocycles. The Bertz CT molecular complexity index is 532. The first-order chi connectivity index (χ1) is 9.20. The molecule has 0 aliphatic rings. The molecule has 2 rings (SSSR count). The Balaban J connectivity index is 2.32. The van der Waals surface area contributed by atoms with E-state index < -0.39 is 0 Å². The lowest BCUT2D eigenvalue weighted by Gasteiger charge is -2.12. The van der Waals surface area contributed by atoms with Crippen molar-refractivity contribution < 1.29 is 0 Å². The van der Waals surface area contributed by atoms with E-state index >= 15 is 0 Å². The van der Waals surface area contributed by atoms with Gasteiger partial charge < -0.3 is 5.32 Å². The molecule has 0 spiro atoms. The van der Waals surface area contributed by atoms with Crippen LogP contribution in [0.2, 0.25) is 0 Å². The standard InChI is InChI=1S/C17H22N2/c1-4-15-9-7-11-17(19-15)16-10-6-5-8-14(16)12-18-13(2)3/h5-11,13,18H,4,12H2,1-3H3. The minimum absolute atomic E-state index is 0.489. The number of nitrogens with one attached hydrogen (secondary N) is 1. The predicted molar refractivity (Wildman–Crippen MR) is 81.0 cm³/mol. The van der Waals surface area contributed by atoms with Gasteiger partial charge in [-0.15, -0.1) is 0 Å². The van der Waals surface area contributed by atoms with Gasteiger partial charge in [0, 0.05) is 23.8 Å². The summed E-state index contributed by atoms with van der Waals surface area (Å²) in [6.45, 7) is 7.35. The van der Waals surface area contributed by atoms with E-state index in [4.69, 9.17) is 4.98 Å². The topological polar surface area (TPSA) is 24.9 Å². The summed E-state index contributed by atoms with van der Waals surface area (Å²) >= 11 is 0. The summed E-state index contributed by atoms with van der Waals surface area (Å²) < 4.78 is 0. The molecule has 0 atom stereocenters. The number of nitrogens with zero attached hydrogens (tertiary/aromatic N) is 1. The van der Waals surface area contributed by atoms with Crippen LogP contribution in [-0.2, 0) is 13.0 Å². The number of aromatic nitrogens is 1. The van der Waals surface area contributed by atoms with Crippen LogP contribution < -0.4 is 5.32 Å². The molecule has 100 valence electrons. The molecule has 0 unspecified atom stereocenters. The lowest BCUT2D eigenvalue weighted by atomic mass is 10.0. The monoisotopic (exact) mass is 254 g/mol. The van der Waals surface area contributed by atoms with Crippen LogP contribution in [0.3, 0.4) is 0 Å². The predicted octanol–water partition coefficient (Wildman–Crippen LogP) is 3.81. The molecule has 2 nitrogen and oxygen atoms in total. The average molecular weight is 254 g/mol. The summed E-state index contributed by atoms with van der Waals surface area (Å²) in [5.41, 5.74) is 4.74. The van der Waals surface area contributed by atoms with Crippen molar-refractivity contribution >= 4 is 0 Å². The normalized spacial score (nSPS) is 10.9. The van der Waals surface area contributed by atoms with Gasteiger partial charge in [-0.3, -0.25) is 4.98 Å². The molecule has 0 aliphatic carbocycles. The van der Waals surface area contributed by atoms with E-state index in [2.05, 4.69) is 68.6 Å². The maximum atomic E-state index is 4.72. The van der Waals surface area contributed by atoms with Crippen LogP contribution in [0.15, 0.2) is 42.5 Å². The lowest BCUT2D eigenvalue weighted by Crippen LogP contribution is -2.22. The number of aryl methyl sites for hydroxylation is 1. The van der Waals surface area contributed by atoms with Crippen molar-refractivity contribution in [1.29, 1.82) is 0 Å². The highest BCUT2D eigenvalue weighted by Gasteiger charge is 2.06. The van der Waals surface area contributed by atoms with E-state index in [1.54, 1.807) is 0 Å². The maximum Gasteiger partial charge on any atom is 0.0708 e. The van der Waals surface area contributed by atoms with Crippen molar-refractivity contribution in [2.24, 2.45) is 0 Å². The summed E-state index contributed by atoms with van der Waals surface area (Å²) in [4.78, 5) is 4.72. The Kier molecular flexibility index (Phi) is 4.69. The minimum atomic E-state index is 0.489. The third kappa shape index (κ3) is 3.65. The van der Waals surface area contributed by atoms with Gasteiger partial charge in [-0.25, -0.2) is 0 Å². The lowest BCUT2D eigenvalue weighted by molar-refractivity contribution is 0.589. The van der Waals surface area contributed by atoms with Crippen molar-refractivity contribution in [3.63, 3.8) is 0 Å². The molecular weight excluding hydrogens is 232 g/mol. The summed E-state index contributed by atoms with van der Waals surface area (Å²) in [7, 11) is 0. The van der Waals surface area contributed by atoms with Crippen LogP contribution >= 0.6 is 0 Å². The molecule has 1 aromatic heterocycles. The molecule has 1 N–H and O–H groups in total. The number of rotatable bonds is 5. The van der Waals surface area contributed by atoms with Crippen LogP contribution in [0, 0.1) is 0 Å². The fourth-order valence-electron chi connectivity index (χ4n) is 2.06. The van der Waals surface area contributed by atoms with Crippen molar-refractivity contribution in [2.75, 3.05) is 0 Å². The highest BCUT2D eigenvalue weighted by atomic mass is 14.9. The number of benzene rings is 1. The summed E-state index contributed by atoms with van der Waals surface area (Å²) in [5.74, 6) is 0. The molecule has 2 heteroatoms. The van der Waals surface area contributed by atoms with Crippen LogP contribution in [0.25, 0.3) is 11.3 Å². The van der Waals surface area contributed by atoms with E-state index in [1.807, 2.05) is 0 Å². The molecule has 0 saturated carbocycles. The molecule has 1 heterocycles. The highest BCUT2D eigenvalue weighted by molar-refractivity contribution is 5.63. The fourth-order valence-corrected chi connectivity index (χ4v) is 2.06. The first kappa shape index (κ1) is 13.8. The van der Waals surface area contributed by atoms with Crippen LogP contribution in [0.5, 0.6) is 0 Å². The van der Waals surface area contributed by atoms with Crippen LogP contribution in [-0.4, -0.2) is 11.0 Å². The quantitative estimate of drug-likeness (QED) is 0.877. The van der Waals surface area contributed by atoms with E-state index in [0.29, 0.717) is 6.04 Å². The SMILES string of the molecule is CCc1cccc(-c2ccccc2CNC(C)C)n1. The minimum Gasteiger partial charge on any atom is -0.310 e. The first-order valence-corrected chi connectivity index (χ1v) is 6.98. The smallest absolute Gasteiger partial charge is 0.0708 e. The second kappa shape index (κ2) is 6.48. The van der Waals surface area contributed by atoms with Crippen molar-refractivity contribution in [3.05, 3.63) is 53.7 Å². The van der Waals surface area contributed by atoms with Gasteiger partial charge in [0.1, 0.15) is 0 Å². The Morgan fingerprint density at radius 3 is 2.58 bits per heavy atom. The van der Waals surface area contributed by atoms with Gasteiger partial charge >= 0.3 is 0 Å². The van der Waals surface area contributed by atoms with Crippen molar-refractivity contribution in [3.8, 4) is 11.3 Å². The average Bonchev–Trinajstić information content (AvgIpc) is 2.45. The Hall–Kier alpha value is -1.67. The molecule has 0 radical (unpaired) electrons. The Morgan fingerprint density at radius 2 is 1.84 bits per heavy atom. The number of hydrogen-bond donors (Lipinski definition) is 1. The van der Waals surface area contributed by atoms with Crippen molar-refractivity contribution in [1.82, 2.24) is 10.3 Å². The molecule has 0 amide bonds. The first-order valence-electron chi connectivity index (χ1n) is 6.98. The molecule has 19 heavy (non-hydrogen) atoms. The van der Waals surface area contributed by atoms with Gasteiger partial charge in [0.15, 0.2) is 0 Å². The van der Waals surface area contributed by atoms with Gasteiger partial charge in [-0.05, 0) is 24.1 Å². The van der Waals surface area contributed by atoms with Gasteiger partial charge in [0.25, 0.3) is 0 Å². The zero-order valence-corrected chi connectivity index (χ0v) is 12.0. The van der Waals surface area contributed by atoms with Gasteiger partial charge in [-0.2, -0.15) is 0 Å². The molecule has 1 aromatic carbocycles. The zero-order valence-electron chi connectivity index (χ0n) is 12.0. The highest BCUT2D eigenvalue weighted by Crippen LogP contribution is 2.22. The summed E-state index contributed by atoms with van der Waals surface area (Å²) in [5, 5.41) is 3.47. The van der Waals surface area contributed by atoms with E-state index in [0.717, 1.165) is 24.4 Å². The van der Waals surface area contributed by atoms with E-state index in [-0.39, 0.29) is 0 Å². The summed E-state index contributed by atoms with van der Waals surface area (Å²) in [6, 6.07) is 15.2. The molecule has 2 aromatic rings.